The Labute approximate surface area is 158 Å². The molecule has 5 heteroatoms. The summed E-state index contributed by atoms with van der Waals surface area (Å²) in [5.41, 5.74) is 1.38. The van der Waals surface area contributed by atoms with Gasteiger partial charge in [-0.05, 0) is 30.5 Å². The molecule has 136 valence electrons. The van der Waals surface area contributed by atoms with Crippen LogP contribution in [-0.4, -0.2) is 28.6 Å². The molecule has 1 aromatic carbocycles. The molecule has 0 spiro atoms. The summed E-state index contributed by atoms with van der Waals surface area (Å²) in [4.78, 5) is 4.13. The van der Waals surface area contributed by atoms with E-state index in [-0.39, 0.29) is 5.41 Å². The molecule has 2 heterocycles. The standard InChI is InChI=1S/C20H27BrN2O2/c1-3-19(4-2)14-24-20(25-15-19,9-11-23-12-10-22-16-23)13-17-5-7-18(21)8-6-17/h5-8,10,12,16H,3-4,9,11,13-15H2,1-2H3. The molecule has 1 aliphatic heterocycles. The van der Waals surface area contributed by atoms with Crippen LogP contribution in [0.3, 0.4) is 0 Å². The molecule has 0 aliphatic carbocycles. The summed E-state index contributed by atoms with van der Waals surface area (Å²) in [6.45, 7) is 6.82. The summed E-state index contributed by atoms with van der Waals surface area (Å²) in [6, 6.07) is 8.42. The van der Waals surface area contributed by atoms with Gasteiger partial charge < -0.3 is 14.0 Å². The zero-order valence-corrected chi connectivity index (χ0v) is 16.7. The highest BCUT2D eigenvalue weighted by atomic mass is 79.9. The summed E-state index contributed by atoms with van der Waals surface area (Å²) in [5, 5.41) is 0. The number of imidazole rings is 1. The molecule has 0 saturated carbocycles. The van der Waals surface area contributed by atoms with Gasteiger partial charge in [-0.15, -0.1) is 0 Å². The fraction of sp³-hybridized carbons (Fsp3) is 0.550. The van der Waals surface area contributed by atoms with Crippen LogP contribution in [0.15, 0.2) is 47.5 Å². The molecular formula is C20H27BrN2O2. The van der Waals surface area contributed by atoms with Crippen LogP contribution in [0, 0.1) is 5.41 Å². The van der Waals surface area contributed by atoms with Crippen molar-refractivity contribution in [2.45, 2.75) is 51.9 Å². The Morgan fingerprint density at radius 1 is 1.12 bits per heavy atom. The minimum absolute atomic E-state index is 0.151. The molecule has 0 atom stereocenters. The largest absolute Gasteiger partial charge is 0.349 e. The molecule has 1 aromatic heterocycles. The Morgan fingerprint density at radius 3 is 2.36 bits per heavy atom. The predicted molar refractivity (Wildman–Crippen MR) is 102 cm³/mol. The summed E-state index contributed by atoms with van der Waals surface area (Å²) in [7, 11) is 0. The van der Waals surface area contributed by atoms with Crippen molar-refractivity contribution in [2.24, 2.45) is 5.41 Å². The number of hydrogen-bond donors (Lipinski definition) is 0. The number of ether oxygens (including phenoxy) is 2. The third-order valence-corrected chi connectivity index (χ3v) is 6.01. The maximum atomic E-state index is 6.43. The number of aromatic nitrogens is 2. The first kappa shape index (κ1) is 18.6. The molecule has 0 unspecified atom stereocenters. The van der Waals surface area contributed by atoms with Gasteiger partial charge >= 0.3 is 0 Å². The molecule has 2 aromatic rings. The topological polar surface area (TPSA) is 36.3 Å². The number of aryl methyl sites for hydroxylation is 1. The van der Waals surface area contributed by atoms with E-state index in [0.29, 0.717) is 0 Å². The van der Waals surface area contributed by atoms with Gasteiger partial charge in [0.05, 0.1) is 19.5 Å². The summed E-state index contributed by atoms with van der Waals surface area (Å²) < 4.78 is 16.0. The van der Waals surface area contributed by atoms with Gasteiger partial charge in [0.15, 0.2) is 5.79 Å². The van der Waals surface area contributed by atoms with Crippen LogP contribution in [0.2, 0.25) is 0 Å². The van der Waals surface area contributed by atoms with Crippen molar-refractivity contribution in [3.63, 3.8) is 0 Å². The fourth-order valence-electron chi connectivity index (χ4n) is 3.28. The van der Waals surface area contributed by atoms with Crippen LogP contribution >= 0.6 is 15.9 Å². The summed E-state index contributed by atoms with van der Waals surface area (Å²) in [5.74, 6) is -0.564. The summed E-state index contributed by atoms with van der Waals surface area (Å²) in [6.07, 6.45) is 9.38. The maximum Gasteiger partial charge on any atom is 0.174 e. The molecule has 0 radical (unpaired) electrons. The highest BCUT2D eigenvalue weighted by Gasteiger charge is 2.43. The average molecular weight is 407 g/mol. The van der Waals surface area contributed by atoms with E-state index in [1.807, 2.05) is 18.7 Å². The molecule has 4 nitrogen and oxygen atoms in total. The van der Waals surface area contributed by atoms with Gasteiger partial charge in [0.2, 0.25) is 0 Å². The lowest BCUT2D eigenvalue weighted by Gasteiger charge is -2.46. The second-order valence-corrected chi connectivity index (χ2v) is 7.96. The first-order valence-electron chi connectivity index (χ1n) is 9.07. The third kappa shape index (κ3) is 4.52. The molecule has 1 saturated heterocycles. The number of nitrogens with zero attached hydrogens (tertiary/aromatic N) is 2. The average Bonchev–Trinajstić information content (AvgIpc) is 3.17. The third-order valence-electron chi connectivity index (χ3n) is 5.48. The minimum Gasteiger partial charge on any atom is -0.349 e. The van der Waals surface area contributed by atoms with Crippen molar-refractivity contribution in [1.29, 1.82) is 0 Å². The quantitative estimate of drug-likeness (QED) is 0.660. The van der Waals surface area contributed by atoms with Crippen LogP contribution in [0.25, 0.3) is 0 Å². The number of benzene rings is 1. The van der Waals surface area contributed by atoms with Crippen LogP contribution < -0.4 is 0 Å². The van der Waals surface area contributed by atoms with Gasteiger partial charge in [-0.2, -0.15) is 0 Å². The molecule has 1 fully saturated rings. The molecule has 3 rings (SSSR count). The first-order chi connectivity index (χ1) is 12.1. The van der Waals surface area contributed by atoms with Crippen molar-refractivity contribution >= 4 is 15.9 Å². The lowest BCUT2D eigenvalue weighted by Crippen LogP contribution is -2.51. The first-order valence-corrected chi connectivity index (χ1v) is 9.86. The highest BCUT2D eigenvalue weighted by Crippen LogP contribution is 2.38. The zero-order chi connectivity index (χ0) is 17.8. The molecule has 0 amide bonds. The summed E-state index contributed by atoms with van der Waals surface area (Å²) >= 11 is 3.50. The van der Waals surface area contributed by atoms with E-state index in [4.69, 9.17) is 9.47 Å². The van der Waals surface area contributed by atoms with E-state index in [2.05, 4.69) is 63.6 Å². The van der Waals surface area contributed by atoms with Crippen molar-refractivity contribution in [2.75, 3.05) is 13.2 Å². The van der Waals surface area contributed by atoms with Crippen LogP contribution in [0.1, 0.15) is 38.7 Å². The van der Waals surface area contributed by atoms with Gasteiger partial charge in [-0.3, -0.25) is 0 Å². The Balaban J connectivity index is 1.75. The van der Waals surface area contributed by atoms with E-state index in [1.54, 1.807) is 0 Å². The van der Waals surface area contributed by atoms with Crippen molar-refractivity contribution in [3.8, 4) is 0 Å². The second kappa shape index (κ2) is 8.02. The van der Waals surface area contributed by atoms with E-state index >= 15 is 0 Å². The zero-order valence-electron chi connectivity index (χ0n) is 15.1. The van der Waals surface area contributed by atoms with E-state index in [0.717, 1.165) is 49.9 Å². The van der Waals surface area contributed by atoms with Crippen LogP contribution in [0.5, 0.6) is 0 Å². The van der Waals surface area contributed by atoms with Gasteiger partial charge in [0.1, 0.15) is 0 Å². The van der Waals surface area contributed by atoms with Gasteiger partial charge in [0, 0.05) is 41.7 Å². The minimum atomic E-state index is -0.564. The molecule has 0 bridgehead atoms. The number of halogens is 1. The lowest BCUT2D eigenvalue weighted by molar-refractivity contribution is -0.308. The Morgan fingerprint density at radius 2 is 1.80 bits per heavy atom. The number of hydrogen-bond acceptors (Lipinski definition) is 3. The van der Waals surface area contributed by atoms with Gasteiger partial charge in [-0.25, -0.2) is 4.98 Å². The van der Waals surface area contributed by atoms with E-state index in [9.17, 15) is 0 Å². The Bertz CT molecular complexity index is 641. The van der Waals surface area contributed by atoms with Gasteiger partial charge in [0.25, 0.3) is 0 Å². The normalized spacial score (nSPS) is 19.0. The number of rotatable bonds is 7. The fourth-order valence-corrected chi connectivity index (χ4v) is 3.54. The van der Waals surface area contributed by atoms with Crippen molar-refractivity contribution in [1.82, 2.24) is 9.55 Å². The van der Waals surface area contributed by atoms with Crippen LogP contribution in [0.4, 0.5) is 0 Å². The Hall–Kier alpha value is -1.17. The Kier molecular flexibility index (Phi) is 5.97. The van der Waals surface area contributed by atoms with E-state index in [1.165, 1.54) is 5.56 Å². The predicted octanol–water partition coefficient (Wildman–Crippen LogP) is 4.83. The van der Waals surface area contributed by atoms with Crippen molar-refractivity contribution < 1.29 is 9.47 Å². The van der Waals surface area contributed by atoms with E-state index < -0.39 is 5.79 Å². The van der Waals surface area contributed by atoms with Crippen molar-refractivity contribution in [3.05, 3.63) is 53.0 Å². The SMILES string of the molecule is CCC1(CC)COC(CCn2ccnc2)(Cc2ccc(Br)cc2)OC1. The maximum absolute atomic E-state index is 6.43. The van der Waals surface area contributed by atoms with Gasteiger partial charge in [-0.1, -0.05) is 41.9 Å². The molecule has 0 N–H and O–H groups in total. The van der Waals surface area contributed by atoms with Crippen LogP contribution in [-0.2, 0) is 22.4 Å². The molecular weight excluding hydrogens is 380 g/mol. The highest BCUT2D eigenvalue weighted by molar-refractivity contribution is 9.10. The molecule has 25 heavy (non-hydrogen) atoms. The molecule has 1 aliphatic rings. The smallest absolute Gasteiger partial charge is 0.174 e. The lowest BCUT2D eigenvalue weighted by atomic mass is 9.82. The monoisotopic (exact) mass is 406 g/mol. The second-order valence-electron chi connectivity index (χ2n) is 7.05.